The third-order valence-corrected chi connectivity index (χ3v) is 5.21. The van der Waals surface area contributed by atoms with Crippen molar-refractivity contribution in [3.63, 3.8) is 0 Å². The number of nitrogens with zero attached hydrogens (tertiary/aromatic N) is 3. The van der Waals surface area contributed by atoms with Crippen molar-refractivity contribution in [1.82, 2.24) is 14.5 Å². The Morgan fingerprint density at radius 2 is 1.85 bits per heavy atom. The fourth-order valence-electron chi connectivity index (χ4n) is 3.06. The Balaban J connectivity index is 1.51. The Bertz CT molecular complexity index is 1070. The Morgan fingerprint density at radius 1 is 1.07 bits per heavy atom. The molecule has 0 saturated heterocycles. The highest BCUT2D eigenvalue weighted by atomic mass is 32.1. The monoisotopic (exact) mass is 376 g/mol. The maximum atomic E-state index is 12.6. The summed E-state index contributed by atoms with van der Waals surface area (Å²) in [6.07, 6.45) is 1.20. The predicted octanol–water partition coefficient (Wildman–Crippen LogP) is 4.75. The minimum atomic E-state index is -0.104. The molecular weight excluding hydrogens is 356 g/mol. The maximum Gasteiger partial charge on any atom is 0.232 e. The number of anilines is 1. The number of carbonyl (C=O) groups excluding carboxylic acids is 1. The molecule has 2 aromatic carbocycles. The molecule has 0 unspecified atom stereocenters. The molecule has 0 fully saturated rings. The van der Waals surface area contributed by atoms with E-state index in [4.69, 9.17) is 0 Å². The van der Waals surface area contributed by atoms with Crippen molar-refractivity contribution in [1.29, 1.82) is 0 Å². The highest BCUT2D eigenvalue weighted by molar-refractivity contribution is 7.13. The van der Waals surface area contributed by atoms with Gasteiger partial charge in [-0.1, -0.05) is 49.4 Å². The SMILES string of the molecule is CCCn1c(NC(=O)Cc2csc(-c3ccccc3)n2)nc2ccccc21. The lowest BCUT2D eigenvalue weighted by Gasteiger charge is -2.08. The molecule has 0 radical (unpaired) electrons. The summed E-state index contributed by atoms with van der Waals surface area (Å²) in [5, 5.41) is 5.83. The lowest BCUT2D eigenvalue weighted by molar-refractivity contribution is -0.115. The van der Waals surface area contributed by atoms with Gasteiger partial charge in [-0.15, -0.1) is 11.3 Å². The smallest absolute Gasteiger partial charge is 0.232 e. The van der Waals surface area contributed by atoms with Gasteiger partial charge in [0.2, 0.25) is 11.9 Å². The first-order valence-corrected chi connectivity index (χ1v) is 9.87. The normalized spacial score (nSPS) is 11.0. The van der Waals surface area contributed by atoms with Crippen LogP contribution < -0.4 is 5.32 Å². The van der Waals surface area contributed by atoms with Gasteiger partial charge >= 0.3 is 0 Å². The molecule has 0 aliphatic heterocycles. The van der Waals surface area contributed by atoms with Gasteiger partial charge in [-0.2, -0.15) is 0 Å². The molecule has 0 saturated carbocycles. The largest absolute Gasteiger partial charge is 0.310 e. The molecule has 136 valence electrons. The van der Waals surface area contributed by atoms with Gasteiger partial charge in [0.1, 0.15) is 5.01 Å². The van der Waals surface area contributed by atoms with Crippen LogP contribution in [0.25, 0.3) is 21.6 Å². The molecule has 4 aromatic rings. The molecule has 1 amide bonds. The van der Waals surface area contributed by atoms with Crippen LogP contribution >= 0.6 is 11.3 Å². The molecule has 5 nitrogen and oxygen atoms in total. The molecule has 27 heavy (non-hydrogen) atoms. The van der Waals surface area contributed by atoms with E-state index >= 15 is 0 Å². The lowest BCUT2D eigenvalue weighted by Crippen LogP contribution is -2.18. The number of amides is 1. The summed E-state index contributed by atoms with van der Waals surface area (Å²) >= 11 is 1.55. The van der Waals surface area contributed by atoms with E-state index in [2.05, 4.69) is 26.8 Å². The quantitative estimate of drug-likeness (QED) is 0.528. The van der Waals surface area contributed by atoms with Gasteiger partial charge in [0.05, 0.1) is 23.1 Å². The minimum absolute atomic E-state index is 0.104. The summed E-state index contributed by atoms with van der Waals surface area (Å²) in [5.74, 6) is 0.495. The third kappa shape index (κ3) is 3.75. The predicted molar refractivity (Wildman–Crippen MR) is 110 cm³/mol. The number of benzene rings is 2. The number of imidazole rings is 1. The van der Waals surface area contributed by atoms with Crippen molar-refractivity contribution in [2.24, 2.45) is 0 Å². The van der Waals surface area contributed by atoms with Gasteiger partial charge < -0.3 is 4.57 Å². The van der Waals surface area contributed by atoms with E-state index in [-0.39, 0.29) is 12.3 Å². The first kappa shape index (κ1) is 17.4. The molecule has 0 bridgehead atoms. The van der Waals surface area contributed by atoms with Crippen molar-refractivity contribution in [2.45, 2.75) is 26.3 Å². The van der Waals surface area contributed by atoms with Crippen LogP contribution in [0.2, 0.25) is 0 Å². The average Bonchev–Trinajstić information content (AvgIpc) is 3.28. The molecule has 2 heterocycles. The number of aromatic nitrogens is 3. The molecular formula is C21H20N4OS. The van der Waals surface area contributed by atoms with Gasteiger partial charge in [-0.05, 0) is 18.6 Å². The third-order valence-electron chi connectivity index (χ3n) is 4.27. The minimum Gasteiger partial charge on any atom is -0.310 e. The number of hydrogen-bond acceptors (Lipinski definition) is 4. The van der Waals surface area contributed by atoms with Crippen molar-refractivity contribution >= 4 is 34.2 Å². The number of rotatable bonds is 6. The number of carbonyl (C=O) groups is 1. The highest BCUT2D eigenvalue weighted by Gasteiger charge is 2.14. The van der Waals surface area contributed by atoms with Crippen LogP contribution in [0.3, 0.4) is 0 Å². The zero-order valence-electron chi connectivity index (χ0n) is 15.1. The summed E-state index contributed by atoms with van der Waals surface area (Å²) in [4.78, 5) is 21.7. The van der Waals surface area contributed by atoms with Crippen molar-refractivity contribution in [3.05, 3.63) is 65.7 Å². The van der Waals surface area contributed by atoms with E-state index in [1.54, 1.807) is 11.3 Å². The van der Waals surface area contributed by atoms with E-state index in [1.807, 2.05) is 60.0 Å². The molecule has 0 aliphatic rings. The number of nitrogens with one attached hydrogen (secondary N) is 1. The van der Waals surface area contributed by atoms with Crippen molar-refractivity contribution in [2.75, 3.05) is 5.32 Å². The molecule has 1 N–H and O–H groups in total. The van der Waals surface area contributed by atoms with E-state index in [0.29, 0.717) is 5.95 Å². The number of thiazole rings is 1. The van der Waals surface area contributed by atoms with Crippen LogP contribution in [0.15, 0.2) is 60.0 Å². The fourth-order valence-corrected chi connectivity index (χ4v) is 3.88. The maximum absolute atomic E-state index is 12.6. The molecule has 0 aliphatic carbocycles. The van der Waals surface area contributed by atoms with Crippen LogP contribution in [-0.2, 0) is 17.8 Å². The number of para-hydroxylation sites is 2. The Hall–Kier alpha value is -2.99. The van der Waals surface area contributed by atoms with Gasteiger partial charge in [0.25, 0.3) is 0 Å². The Labute approximate surface area is 161 Å². The fraction of sp³-hybridized carbons (Fsp3) is 0.190. The summed E-state index contributed by atoms with van der Waals surface area (Å²) in [7, 11) is 0. The van der Waals surface area contributed by atoms with Crippen LogP contribution in [-0.4, -0.2) is 20.4 Å². The number of aryl methyl sites for hydroxylation is 1. The molecule has 4 rings (SSSR count). The van der Waals surface area contributed by atoms with Gasteiger partial charge in [-0.25, -0.2) is 9.97 Å². The topological polar surface area (TPSA) is 59.8 Å². The first-order valence-electron chi connectivity index (χ1n) is 8.99. The average molecular weight is 376 g/mol. The summed E-state index contributed by atoms with van der Waals surface area (Å²) < 4.78 is 2.06. The second kappa shape index (κ2) is 7.72. The zero-order chi connectivity index (χ0) is 18.6. The Morgan fingerprint density at radius 3 is 2.67 bits per heavy atom. The number of fused-ring (bicyclic) bond motifs is 1. The van der Waals surface area contributed by atoms with Crippen LogP contribution in [0.1, 0.15) is 19.0 Å². The van der Waals surface area contributed by atoms with Crippen molar-refractivity contribution in [3.8, 4) is 10.6 Å². The van der Waals surface area contributed by atoms with Crippen LogP contribution in [0, 0.1) is 0 Å². The summed E-state index contributed by atoms with van der Waals surface area (Å²) in [5.41, 5.74) is 3.77. The highest BCUT2D eigenvalue weighted by Crippen LogP contribution is 2.24. The second-order valence-corrected chi connectivity index (χ2v) is 7.17. The lowest BCUT2D eigenvalue weighted by atomic mass is 10.2. The van der Waals surface area contributed by atoms with E-state index < -0.39 is 0 Å². The summed E-state index contributed by atoms with van der Waals surface area (Å²) in [6, 6.07) is 17.9. The van der Waals surface area contributed by atoms with Crippen molar-refractivity contribution < 1.29 is 4.79 Å². The molecule has 0 atom stereocenters. The van der Waals surface area contributed by atoms with Gasteiger partial charge in [-0.3, -0.25) is 10.1 Å². The van der Waals surface area contributed by atoms with E-state index in [9.17, 15) is 4.79 Å². The zero-order valence-corrected chi connectivity index (χ0v) is 15.9. The van der Waals surface area contributed by atoms with E-state index in [0.717, 1.165) is 40.3 Å². The molecule has 2 aromatic heterocycles. The van der Waals surface area contributed by atoms with Gasteiger partial charge in [0.15, 0.2) is 0 Å². The molecule has 0 spiro atoms. The second-order valence-electron chi connectivity index (χ2n) is 6.31. The Kier molecular flexibility index (Phi) is 4.98. The van der Waals surface area contributed by atoms with E-state index in [1.165, 1.54) is 0 Å². The van der Waals surface area contributed by atoms with Crippen LogP contribution in [0.4, 0.5) is 5.95 Å². The number of hydrogen-bond donors (Lipinski definition) is 1. The van der Waals surface area contributed by atoms with Crippen LogP contribution in [0.5, 0.6) is 0 Å². The molecule has 6 heteroatoms. The summed E-state index contributed by atoms with van der Waals surface area (Å²) in [6.45, 7) is 2.92. The first-order chi connectivity index (χ1) is 13.2. The van der Waals surface area contributed by atoms with Gasteiger partial charge in [0, 0.05) is 17.5 Å². The standard InChI is InChI=1S/C21H20N4OS/c1-2-12-25-18-11-7-6-10-17(18)23-21(25)24-19(26)13-16-14-27-20(22-16)15-8-4-3-5-9-15/h3-11,14H,2,12-13H2,1H3,(H,23,24,26).